The first-order valence-corrected chi connectivity index (χ1v) is 6.11. The highest BCUT2D eigenvalue weighted by Gasteiger charge is 2.22. The molecule has 0 saturated carbocycles. The molecule has 0 bridgehead atoms. The zero-order valence-corrected chi connectivity index (χ0v) is 10.3. The average Bonchev–Trinajstić information content (AvgIpc) is 2.66. The summed E-state index contributed by atoms with van der Waals surface area (Å²) in [7, 11) is 2.00. The summed E-state index contributed by atoms with van der Waals surface area (Å²) in [5, 5.41) is 4.18. The molecule has 2 rings (SSSR count). The molecule has 4 nitrogen and oxygen atoms in total. The zero-order chi connectivity index (χ0) is 11.5. The van der Waals surface area contributed by atoms with Crippen molar-refractivity contribution in [1.29, 1.82) is 0 Å². The van der Waals surface area contributed by atoms with Crippen LogP contribution in [0.4, 0.5) is 0 Å². The van der Waals surface area contributed by atoms with Crippen molar-refractivity contribution in [1.82, 2.24) is 14.7 Å². The van der Waals surface area contributed by atoms with Gasteiger partial charge in [-0.3, -0.25) is 4.68 Å². The third-order valence-electron chi connectivity index (χ3n) is 3.71. The molecule has 0 amide bonds. The molecule has 0 aromatic carbocycles. The van der Waals surface area contributed by atoms with Gasteiger partial charge in [0.15, 0.2) is 0 Å². The lowest BCUT2D eigenvalue weighted by Crippen LogP contribution is -2.48. The van der Waals surface area contributed by atoms with E-state index in [1.165, 1.54) is 18.7 Å². The number of hydrogen-bond acceptors (Lipinski definition) is 3. The van der Waals surface area contributed by atoms with Crippen molar-refractivity contribution < 1.29 is 0 Å². The van der Waals surface area contributed by atoms with Crippen LogP contribution in [-0.4, -0.2) is 40.4 Å². The van der Waals surface area contributed by atoms with Crippen LogP contribution in [0.1, 0.15) is 19.0 Å². The van der Waals surface area contributed by atoms with E-state index in [9.17, 15) is 0 Å². The molecule has 0 spiro atoms. The fourth-order valence-electron chi connectivity index (χ4n) is 2.29. The number of rotatable bonds is 3. The SMILES string of the molecule is CC1CCN(CCc2ccnn2C)CC1N. The van der Waals surface area contributed by atoms with Gasteiger partial charge in [0.1, 0.15) is 0 Å². The summed E-state index contributed by atoms with van der Waals surface area (Å²) in [5.41, 5.74) is 7.39. The van der Waals surface area contributed by atoms with E-state index >= 15 is 0 Å². The van der Waals surface area contributed by atoms with Crippen LogP contribution in [-0.2, 0) is 13.5 Å². The Morgan fingerprint density at radius 3 is 3.00 bits per heavy atom. The number of nitrogens with zero attached hydrogens (tertiary/aromatic N) is 3. The summed E-state index contributed by atoms with van der Waals surface area (Å²) in [5.74, 6) is 0.674. The summed E-state index contributed by atoms with van der Waals surface area (Å²) in [4.78, 5) is 2.47. The lowest BCUT2D eigenvalue weighted by Gasteiger charge is -2.34. The van der Waals surface area contributed by atoms with Crippen molar-refractivity contribution in [2.24, 2.45) is 18.7 Å². The van der Waals surface area contributed by atoms with Crippen LogP contribution in [0, 0.1) is 5.92 Å². The van der Waals surface area contributed by atoms with Gasteiger partial charge in [0.2, 0.25) is 0 Å². The summed E-state index contributed by atoms with van der Waals surface area (Å²) in [6.07, 6.45) is 4.16. The summed E-state index contributed by atoms with van der Waals surface area (Å²) in [6, 6.07) is 2.44. The summed E-state index contributed by atoms with van der Waals surface area (Å²) < 4.78 is 1.95. The van der Waals surface area contributed by atoms with E-state index in [1.807, 2.05) is 17.9 Å². The monoisotopic (exact) mass is 222 g/mol. The molecule has 1 fully saturated rings. The van der Waals surface area contributed by atoms with Gasteiger partial charge in [-0.2, -0.15) is 5.10 Å². The van der Waals surface area contributed by atoms with Gasteiger partial charge in [-0.15, -0.1) is 0 Å². The molecule has 0 aliphatic carbocycles. The molecule has 1 aliphatic rings. The predicted molar refractivity (Wildman–Crippen MR) is 65.1 cm³/mol. The van der Waals surface area contributed by atoms with Gasteiger partial charge in [0.05, 0.1) is 0 Å². The third-order valence-corrected chi connectivity index (χ3v) is 3.71. The minimum atomic E-state index is 0.347. The van der Waals surface area contributed by atoms with Crippen LogP contribution in [0.2, 0.25) is 0 Å². The van der Waals surface area contributed by atoms with Crippen molar-refractivity contribution >= 4 is 0 Å². The summed E-state index contributed by atoms with van der Waals surface area (Å²) >= 11 is 0. The molecule has 2 unspecified atom stereocenters. The van der Waals surface area contributed by atoms with Crippen LogP contribution in [0.15, 0.2) is 12.3 Å². The Hall–Kier alpha value is -0.870. The maximum absolute atomic E-state index is 6.09. The van der Waals surface area contributed by atoms with Gasteiger partial charge in [-0.05, 0) is 24.9 Å². The van der Waals surface area contributed by atoms with Crippen LogP contribution in [0.25, 0.3) is 0 Å². The molecule has 16 heavy (non-hydrogen) atoms. The Morgan fingerprint density at radius 2 is 2.38 bits per heavy atom. The maximum atomic E-state index is 6.09. The average molecular weight is 222 g/mol. The second-order valence-electron chi connectivity index (χ2n) is 4.93. The number of aryl methyl sites for hydroxylation is 1. The van der Waals surface area contributed by atoms with Crippen LogP contribution in [0.5, 0.6) is 0 Å². The predicted octanol–water partition coefficient (Wildman–Crippen LogP) is 0.632. The third kappa shape index (κ3) is 2.62. The first kappa shape index (κ1) is 11.6. The van der Waals surface area contributed by atoms with E-state index < -0.39 is 0 Å². The van der Waals surface area contributed by atoms with E-state index in [-0.39, 0.29) is 0 Å². The van der Waals surface area contributed by atoms with Gasteiger partial charge in [-0.1, -0.05) is 6.92 Å². The molecule has 1 aliphatic heterocycles. The summed E-state index contributed by atoms with van der Waals surface area (Å²) in [6.45, 7) is 5.58. The minimum Gasteiger partial charge on any atom is -0.326 e. The Balaban J connectivity index is 1.81. The highest BCUT2D eigenvalue weighted by molar-refractivity contribution is 5.00. The van der Waals surface area contributed by atoms with Crippen molar-refractivity contribution in [3.63, 3.8) is 0 Å². The Labute approximate surface area is 97.4 Å². The fourth-order valence-corrected chi connectivity index (χ4v) is 2.29. The second-order valence-corrected chi connectivity index (χ2v) is 4.93. The van der Waals surface area contributed by atoms with Crippen molar-refractivity contribution in [2.45, 2.75) is 25.8 Å². The van der Waals surface area contributed by atoms with Crippen molar-refractivity contribution in [3.8, 4) is 0 Å². The number of nitrogens with two attached hydrogens (primary N) is 1. The van der Waals surface area contributed by atoms with Gasteiger partial charge >= 0.3 is 0 Å². The lowest BCUT2D eigenvalue weighted by atomic mass is 9.94. The lowest BCUT2D eigenvalue weighted by molar-refractivity contribution is 0.170. The molecule has 2 heterocycles. The molecular weight excluding hydrogens is 200 g/mol. The normalized spacial score (nSPS) is 27.2. The number of aromatic nitrogens is 2. The van der Waals surface area contributed by atoms with Crippen LogP contribution in [0.3, 0.4) is 0 Å². The van der Waals surface area contributed by atoms with E-state index in [2.05, 4.69) is 23.0 Å². The molecule has 2 atom stereocenters. The standard InChI is InChI=1S/C12H22N4/c1-10-4-7-16(9-12(10)13)8-5-11-3-6-14-15(11)2/h3,6,10,12H,4-5,7-9,13H2,1-2H3. The van der Waals surface area contributed by atoms with Gasteiger partial charge in [0, 0.05) is 44.5 Å². The van der Waals surface area contributed by atoms with Gasteiger partial charge < -0.3 is 10.6 Å². The topological polar surface area (TPSA) is 47.1 Å². The van der Waals surface area contributed by atoms with E-state index in [0.29, 0.717) is 12.0 Å². The quantitative estimate of drug-likeness (QED) is 0.816. The molecule has 1 saturated heterocycles. The smallest absolute Gasteiger partial charge is 0.0492 e. The largest absolute Gasteiger partial charge is 0.326 e. The maximum Gasteiger partial charge on any atom is 0.0492 e. The molecule has 2 N–H and O–H groups in total. The Kier molecular flexibility index (Phi) is 3.61. The second kappa shape index (κ2) is 4.97. The minimum absolute atomic E-state index is 0.347. The first-order chi connectivity index (χ1) is 7.66. The van der Waals surface area contributed by atoms with Crippen LogP contribution >= 0.6 is 0 Å². The zero-order valence-electron chi connectivity index (χ0n) is 10.3. The molecule has 0 radical (unpaired) electrons. The number of hydrogen-bond donors (Lipinski definition) is 1. The Bertz CT molecular complexity index is 334. The fraction of sp³-hybridized carbons (Fsp3) is 0.750. The van der Waals surface area contributed by atoms with Gasteiger partial charge in [0.25, 0.3) is 0 Å². The van der Waals surface area contributed by atoms with E-state index in [0.717, 1.165) is 19.5 Å². The molecule has 90 valence electrons. The highest BCUT2D eigenvalue weighted by Crippen LogP contribution is 2.15. The van der Waals surface area contributed by atoms with Gasteiger partial charge in [-0.25, -0.2) is 0 Å². The van der Waals surface area contributed by atoms with E-state index in [1.54, 1.807) is 0 Å². The number of piperidine rings is 1. The highest BCUT2D eigenvalue weighted by atomic mass is 15.3. The number of likely N-dealkylation sites (tertiary alicyclic amines) is 1. The van der Waals surface area contributed by atoms with E-state index in [4.69, 9.17) is 5.73 Å². The van der Waals surface area contributed by atoms with Crippen molar-refractivity contribution in [3.05, 3.63) is 18.0 Å². The molecule has 4 heteroatoms. The Morgan fingerprint density at radius 1 is 1.56 bits per heavy atom. The molecule has 1 aromatic heterocycles. The van der Waals surface area contributed by atoms with Crippen molar-refractivity contribution in [2.75, 3.05) is 19.6 Å². The molecular formula is C12H22N4. The first-order valence-electron chi connectivity index (χ1n) is 6.11. The molecule has 1 aromatic rings. The van der Waals surface area contributed by atoms with Crippen LogP contribution < -0.4 is 5.73 Å².